The number of carbonyl (C=O) groups is 1. The molecule has 1 heterocycles. The second-order valence-corrected chi connectivity index (χ2v) is 4.16. The molecule has 4 nitrogen and oxygen atoms in total. The highest BCUT2D eigenvalue weighted by molar-refractivity contribution is 5.67. The molecule has 1 aliphatic heterocycles. The minimum atomic E-state index is -0.187. The van der Waals surface area contributed by atoms with Crippen LogP contribution in [0.2, 0.25) is 0 Å². The predicted molar refractivity (Wildman–Crippen MR) is 55.3 cm³/mol. The highest BCUT2D eigenvalue weighted by Crippen LogP contribution is 2.17. The zero-order valence-corrected chi connectivity index (χ0v) is 9.32. The highest BCUT2D eigenvalue weighted by Gasteiger charge is 2.23. The van der Waals surface area contributed by atoms with Gasteiger partial charge < -0.3 is 14.5 Å². The van der Waals surface area contributed by atoms with Crippen molar-refractivity contribution < 1.29 is 9.53 Å². The lowest BCUT2D eigenvalue weighted by Crippen LogP contribution is -2.40. The fourth-order valence-electron chi connectivity index (χ4n) is 1.94. The van der Waals surface area contributed by atoms with E-state index >= 15 is 0 Å². The summed E-state index contributed by atoms with van der Waals surface area (Å²) in [5.41, 5.74) is 0. The number of ether oxygens (including phenoxy) is 1. The maximum Gasteiger partial charge on any atom is 0.409 e. The molecule has 0 radical (unpaired) electrons. The Morgan fingerprint density at radius 1 is 1.43 bits per heavy atom. The van der Waals surface area contributed by atoms with Gasteiger partial charge in [0, 0.05) is 19.6 Å². The van der Waals surface area contributed by atoms with Gasteiger partial charge in [-0.3, -0.25) is 0 Å². The third kappa shape index (κ3) is 3.18. The molecule has 0 aromatic rings. The van der Waals surface area contributed by atoms with E-state index in [0.717, 1.165) is 38.4 Å². The van der Waals surface area contributed by atoms with Gasteiger partial charge >= 0.3 is 6.09 Å². The van der Waals surface area contributed by atoms with Crippen LogP contribution in [0.1, 0.15) is 12.8 Å². The van der Waals surface area contributed by atoms with Crippen molar-refractivity contribution in [3.8, 4) is 0 Å². The van der Waals surface area contributed by atoms with Crippen molar-refractivity contribution in [2.75, 3.05) is 40.8 Å². The number of piperidine rings is 1. The van der Waals surface area contributed by atoms with Crippen LogP contribution in [0.5, 0.6) is 0 Å². The van der Waals surface area contributed by atoms with Crippen LogP contribution < -0.4 is 0 Å². The molecule has 82 valence electrons. The lowest BCUT2D eigenvalue weighted by atomic mass is 9.97. The molecule has 0 bridgehead atoms. The molecule has 0 N–H and O–H groups in total. The number of amides is 1. The average molecular weight is 200 g/mol. The van der Waals surface area contributed by atoms with Crippen molar-refractivity contribution in [3.05, 3.63) is 0 Å². The van der Waals surface area contributed by atoms with Gasteiger partial charge in [-0.2, -0.15) is 0 Å². The summed E-state index contributed by atoms with van der Waals surface area (Å²) in [6.45, 7) is 2.80. The van der Waals surface area contributed by atoms with E-state index < -0.39 is 0 Å². The molecule has 0 spiro atoms. The molecule has 0 aliphatic carbocycles. The zero-order chi connectivity index (χ0) is 10.6. The van der Waals surface area contributed by atoms with Crippen LogP contribution in [0.4, 0.5) is 4.79 Å². The Hall–Kier alpha value is -0.770. The zero-order valence-electron chi connectivity index (χ0n) is 9.32. The van der Waals surface area contributed by atoms with E-state index in [4.69, 9.17) is 0 Å². The van der Waals surface area contributed by atoms with Crippen LogP contribution in [-0.2, 0) is 4.74 Å². The van der Waals surface area contributed by atoms with E-state index in [2.05, 4.69) is 23.7 Å². The SMILES string of the molecule is COC(=O)N1CCC(CN(C)C)CC1. The molecule has 14 heavy (non-hydrogen) atoms. The summed E-state index contributed by atoms with van der Waals surface area (Å²) in [6.07, 6.45) is 1.99. The summed E-state index contributed by atoms with van der Waals surface area (Å²) in [7, 11) is 5.62. The monoisotopic (exact) mass is 200 g/mol. The molecule has 0 unspecified atom stereocenters. The van der Waals surface area contributed by atoms with Gasteiger partial charge in [0.05, 0.1) is 7.11 Å². The second kappa shape index (κ2) is 5.20. The first-order valence-electron chi connectivity index (χ1n) is 5.11. The van der Waals surface area contributed by atoms with E-state index in [1.807, 2.05) is 0 Å². The van der Waals surface area contributed by atoms with Crippen molar-refractivity contribution in [2.45, 2.75) is 12.8 Å². The van der Waals surface area contributed by atoms with Crippen LogP contribution in [-0.4, -0.2) is 56.7 Å². The Bertz CT molecular complexity index is 187. The van der Waals surface area contributed by atoms with Crippen LogP contribution in [0.3, 0.4) is 0 Å². The van der Waals surface area contributed by atoms with Crippen molar-refractivity contribution in [1.29, 1.82) is 0 Å². The Balaban J connectivity index is 2.27. The van der Waals surface area contributed by atoms with Gasteiger partial charge in [0.25, 0.3) is 0 Å². The van der Waals surface area contributed by atoms with Gasteiger partial charge in [0.15, 0.2) is 0 Å². The van der Waals surface area contributed by atoms with Gasteiger partial charge in [-0.1, -0.05) is 0 Å². The van der Waals surface area contributed by atoms with Gasteiger partial charge in [-0.05, 0) is 32.9 Å². The number of rotatable bonds is 2. The largest absolute Gasteiger partial charge is 0.453 e. The number of hydrogen-bond acceptors (Lipinski definition) is 3. The maximum absolute atomic E-state index is 11.2. The molecule has 1 fully saturated rings. The third-order valence-corrected chi connectivity index (χ3v) is 2.67. The number of nitrogens with zero attached hydrogens (tertiary/aromatic N) is 2. The van der Waals surface area contributed by atoms with E-state index in [-0.39, 0.29) is 6.09 Å². The molecule has 4 heteroatoms. The standard InChI is InChI=1S/C10H20N2O2/c1-11(2)8-9-4-6-12(7-5-9)10(13)14-3/h9H,4-8H2,1-3H3. The van der Waals surface area contributed by atoms with E-state index in [0.29, 0.717) is 0 Å². The lowest BCUT2D eigenvalue weighted by Gasteiger charge is -2.32. The molecular formula is C10H20N2O2. The number of hydrogen-bond donors (Lipinski definition) is 0. The first kappa shape index (κ1) is 11.3. The fraction of sp³-hybridized carbons (Fsp3) is 0.900. The minimum Gasteiger partial charge on any atom is -0.453 e. The quantitative estimate of drug-likeness (QED) is 0.667. The molecule has 0 saturated carbocycles. The van der Waals surface area contributed by atoms with Crippen molar-refractivity contribution in [3.63, 3.8) is 0 Å². The maximum atomic E-state index is 11.2. The number of carbonyl (C=O) groups excluding carboxylic acids is 1. The van der Waals surface area contributed by atoms with Gasteiger partial charge in [-0.15, -0.1) is 0 Å². The molecule has 1 rings (SSSR count). The molecule has 0 atom stereocenters. The fourth-order valence-corrected chi connectivity index (χ4v) is 1.94. The smallest absolute Gasteiger partial charge is 0.409 e. The van der Waals surface area contributed by atoms with Gasteiger partial charge in [0.2, 0.25) is 0 Å². The van der Waals surface area contributed by atoms with E-state index in [9.17, 15) is 4.79 Å². The average Bonchev–Trinajstić information content (AvgIpc) is 2.17. The predicted octanol–water partition coefficient (Wildman–Crippen LogP) is 1.03. The Morgan fingerprint density at radius 2 is 2.00 bits per heavy atom. The third-order valence-electron chi connectivity index (χ3n) is 2.67. The Labute approximate surface area is 85.8 Å². The summed E-state index contributed by atoms with van der Waals surface area (Å²) in [4.78, 5) is 15.2. The van der Waals surface area contributed by atoms with Gasteiger partial charge in [-0.25, -0.2) is 4.79 Å². The van der Waals surface area contributed by atoms with Crippen LogP contribution in [0, 0.1) is 5.92 Å². The number of methoxy groups -OCH3 is 1. The van der Waals surface area contributed by atoms with Crippen molar-refractivity contribution in [2.24, 2.45) is 5.92 Å². The highest BCUT2D eigenvalue weighted by atomic mass is 16.5. The van der Waals surface area contributed by atoms with Crippen LogP contribution >= 0.6 is 0 Å². The van der Waals surface area contributed by atoms with E-state index in [1.54, 1.807) is 4.90 Å². The molecule has 0 aromatic heterocycles. The molecule has 1 amide bonds. The topological polar surface area (TPSA) is 32.8 Å². The lowest BCUT2D eigenvalue weighted by molar-refractivity contribution is 0.102. The van der Waals surface area contributed by atoms with Crippen LogP contribution in [0.15, 0.2) is 0 Å². The van der Waals surface area contributed by atoms with Crippen molar-refractivity contribution >= 4 is 6.09 Å². The Morgan fingerprint density at radius 3 is 2.43 bits per heavy atom. The summed E-state index contributed by atoms with van der Waals surface area (Å²) in [5, 5.41) is 0. The normalized spacial score (nSPS) is 18.7. The minimum absolute atomic E-state index is 0.187. The Kier molecular flexibility index (Phi) is 4.20. The van der Waals surface area contributed by atoms with Crippen molar-refractivity contribution in [1.82, 2.24) is 9.80 Å². The second-order valence-electron chi connectivity index (χ2n) is 4.16. The molecular weight excluding hydrogens is 180 g/mol. The summed E-state index contributed by atoms with van der Waals surface area (Å²) >= 11 is 0. The molecule has 1 aliphatic rings. The summed E-state index contributed by atoms with van der Waals surface area (Å²) in [5.74, 6) is 0.728. The number of likely N-dealkylation sites (tertiary alicyclic amines) is 1. The van der Waals surface area contributed by atoms with Crippen LogP contribution in [0.25, 0.3) is 0 Å². The first-order valence-corrected chi connectivity index (χ1v) is 5.11. The van der Waals surface area contributed by atoms with E-state index in [1.165, 1.54) is 7.11 Å². The molecule has 0 aromatic carbocycles. The molecule has 1 saturated heterocycles. The summed E-state index contributed by atoms with van der Waals surface area (Å²) < 4.78 is 4.68. The van der Waals surface area contributed by atoms with Gasteiger partial charge in [0.1, 0.15) is 0 Å². The summed E-state index contributed by atoms with van der Waals surface area (Å²) in [6, 6.07) is 0. The first-order chi connectivity index (χ1) is 6.63.